The van der Waals surface area contributed by atoms with Crippen LogP contribution < -0.4 is 9.47 Å². The number of hydrogen-bond donors (Lipinski definition) is 1. The minimum absolute atomic E-state index is 0.00110. The van der Waals surface area contributed by atoms with Crippen LogP contribution in [0.5, 0.6) is 11.5 Å². The van der Waals surface area contributed by atoms with Gasteiger partial charge in [0.1, 0.15) is 0 Å². The van der Waals surface area contributed by atoms with Crippen molar-refractivity contribution in [3.63, 3.8) is 0 Å². The normalized spacial score (nSPS) is 23.6. The van der Waals surface area contributed by atoms with Gasteiger partial charge in [0.25, 0.3) is 0 Å². The maximum atomic E-state index is 13.1. The molecule has 0 bridgehead atoms. The third-order valence-electron chi connectivity index (χ3n) is 4.52. The van der Waals surface area contributed by atoms with E-state index in [2.05, 4.69) is 22.1 Å². The molecule has 0 spiro atoms. The Morgan fingerprint density at radius 3 is 2.25 bits per heavy atom. The molecular formula is C16H19BF2O4S. The van der Waals surface area contributed by atoms with Crippen LogP contribution in [0.1, 0.15) is 33.3 Å². The van der Waals surface area contributed by atoms with Crippen LogP contribution in [0.15, 0.2) is 23.7 Å². The van der Waals surface area contributed by atoms with Crippen LogP contribution in [0, 0.1) is 0 Å². The maximum absolute atomic E-state index is 13.1. The van der Waals surface area contributed by atoms with E-state index in [1.165, 1.54) is 12.1 Å². The molecule has 130 valence electrons. The Morgan fingerprint density at radius 2 is 1.67 bits per heavy atom. The Hall–Kier alpha value is -1.25. The van der Waals surface area contributed by atoms with E-state index in [9.17, 15) is 8.78 Å². The second-order valence-corrected chi connectivity index (χ2v) is 7.16. The summed E-state index contributed by atoms with van der Waals surface area (Å²) in [6.07, 6.45) is -1.82. The SMILES string of the molecule is CC1(C)OB(C(=Cc2ccc3c(c2)OC(F)(F)O3)CS)OC1(C)C. The average molecular weight is 356 g/mol. The molecule has 0 N–H and O–H groups in total. The van der Waals surface area contributed by atoms with Gasteiger partial charge < -0.3 is 18.8 Å². The first-order valence-corrected chi connectivity index (χ1v) is 8.23. The molecule has 1 aromatic carbocycles. The number of fused-ring (bicyclic) bond motifs is 1. The van der Waals surface area contributed by atoms with E-state index in [-0.39, 0.29) is 11.5 Å². The van der Waals surface area contributed by atoms with Crippen molar-refractivity contribution in [3.8, 4) is 11.5 Å². The van der Waals surface area contributed by atoms with E-state index in [1.807, 2.05) is 27.7 Å². The first-order chi connectivity index (χ1) is 11.0. The molecule has 2 aliphatic heterocycles. The Morgan fingerprint density at radius 1 is 1.08 bits per heavy atom. The lowest BCUT2D eigenvalue weighted by atomic mass is 9.78. The second kappa shape index (κ2) is 5.64. The van der Waals surface area contributed by atoms with Crippen molar-refractivity contribution in [3.05, 3.63) is 29.2 Å². The Bertz CT molecular complexity index is 675. The highest BCUT2D eigenvalue weighted by Gasteiger charge is 2.52. The summed E-state index contributed by atoms with van der Waals surface area (Å²) in [4.78, 5) is 0. The molecule has 0 aromatic heterocycles. The highest BCUT2D eigenvalue weighted by molar-refractivity contribution is 7.80. The first kappa shape index (κ1) is 17.6. The summed E-state index contributed by atoms with van der Waals surface area (Å²) < 4.78 is 47.1. The fourth-order valence-corrected chi connectivity index (χ4v) is 2.69. The maximum Gasteiger partial charge on any atom is 0.586 e. The van der Waals surface area contributed by atoms with E-state index in [4.69, 9.17) is 9.31 Å². The van der Waals surface area contributed by atoms with Crippen LogP contribution in [0.2, 0.25) is 0 Å². The van der Waals surface area contributed by atoms with Gasteiger partial charge in [-0.3, -0.25) is 0 Å². The molecule has 2 aliphatic rings. The molecule has 2 heterocycles. The molecular weight excluding hydrogens is 337 g/mol. The number of ether oxygens (including phenoxy) is 2. The third kappa shape index (κ3) is 3.14. The number of thiol groups is 1. The zero-order valence-electron chi connectivity index (χ0n) is 13.9. The number of benzene rings is 1. The Balaban J connectivity index is 1.85. The largest absolute Gasteiger partial charge is 0.586 e. The molecule has 0 aliphatic carbocycles. The summed E-state index contributed by atoms with van der Waals surface area (Å²) >= 11 is 4.34. The summed E-state index contributed by atoms with van der Waals surface area (Å²) in [5, 5.41) is 0. The minimum atomic E-state index is -3.62. The standard InChI is InChI=1S/C16H19BF2O4S/c1-14(2)15(3,4)23-17(22-14)11(9-24)7-10-5-6-12-13(8-10)21-16(18,19)20-12/h5-8,24H,9H2,1-4H3. The van der Waals surface area contributed by atoms with Crippen molar-refractivity contribution < 1.29 is 27.6 Å². The van der Waals surface area contributed by atoms with Crippen LogP contribution in [0.4, 0.5) is 8.78 Å². The van der Waals surface area contributed by atoms with Crippen molar-refractivity contribution in [1.29, 1.82) is 0 Å². The van der Waals surface area contributed by atoms with Crippen LogP contribution in [-0.4, -0.2) is 30.4 Å². The molecule has 0 saturated carbocycles. The highest BCUT2D eigenvalue weighted by Crippen LogP contribution is 2.42. The van der Waals surface area contributed by atoms with Gasteiger partial charge in [-0.2, -0.15) is 12.6 Å². The topological polar surface area (TPSA) is 36.9 Å². The lowest BCUT2D eigenvalue weighted by molar-refractivity contribution is -0.286. The van der Waals surface area contributed by atoms with E-state index >= 15 is 0 Å². The fraction of sp³-hybridized carbons (Fsp3) is 0.500. The third-order valence-corrected chi connectivity index (χ3v) is 4.88. The van der Waals surface area contributed by atoms with E-state index in [1.54, 1.807) is 12.1 Å². The van der Waals surface area contributed by atoms with E-state index in [0.29, 0.717) is 11.3 Å². The molecule has 1 saturated heterocycles. The predicted octanol–water partition coefficient (Wildman–Crippen LogP) is 3.95. The molecule has 4 nitrogen and oxygen atoms in total. The van der Waals surface area contributed by atoms with Gasteiger partial charge in [-0.05, 0) is 50.9 Å². The molecule has 0 amide bonds. The zero-order chi connectivity index (χ0) is 17.8. The quantitative estimate of drug-likeness (QED) is 0.657. The average Bonchev–Trinajstić information content (AvgIpc) is 2.86. The lowest BCUT2D eigenvalue weighted by Crippen LogP contribution is -2.41. The van der Waals surface area contributed by atoms with Crippen molar-refractivity contribution in [2.75, 3.05) is 5.75 Å². The van der Waals surface area contributed by atoms with Crippen molar-refractivity contribution in [2.24, 2.45) is 0 Å². The van der Waals surface area contributed by atoms with Gasteiger partial charge in [0.15, 0.2) is 11.5 Å². The number of rotatable bonds is 3. The first-order valence-electron chi connectivity index (χ1n) is 7.60. The van der Waals surface area contributed by atoms with Crippen LogP contribution in [0.25, 0.3) is 6.08 Å². The van der Waals surface area contributed by atoms with Crippen LogP contribution >= 0.6 is 12.6 Å². The number of alkyl halides is 2. The number of hydrogen-bond acceptors (Lipinski definition) is 5. The van der Waals surface area contributed by atoms with E-state index < -0.39 is 24.6 Å². The van der Waals surface area contributed by atoms with Gasteiger partial charge in [0, 0.05) is 5.75 Å². The summed E-state index contributed by atoms with van der Waals surface area (Å²) in [5.41, 5.74) is 0.546. The Kier molecular flexibility index (Phi) is 4.13. The number of halogens is 2. The molecule has 1 fully saturated rings. The van der Waals surface area contributed by atoms with Gasteiger partial charge in [0.2, 0.25) is 0 Å². The minimum Gasteiger partial charge on any atom is -0.400 e. The van der Waals surface area contributed by atoms with Gasteiger partial charge in [-0.25, -0.2) is 0 Å². The van der Waals surface area contributed by atoms with Crippen LogP contribution in [-0.2, 0) is 9.31 Å². The fourth-order valence-electron chi connectivity index (χ4n) is 2.45. The van der Waals surface area contributed by atoms with Crippen molar-refractivity contribution >= 4 is 25.8 Å². The van der Waals surface area contributed by atoms with Crippen LogP contribution in [0.3, 0.4) is 0 Å². The van der Waals surface area contributed by atoms with Gasteiger partial charge in [0.05, 0.1) is 11.2 Å². The highest BCUT2D eigenvalue weighted by atomic mass is 32.1. The van der Waals surface area contributed by atoms with Gasteiger partial charge >= 0.3 is 13.4 Å². The Labute approximate surface area is 145 Å². The van der Waals surface area contributed by atoms with E-state index in [0.717, 1.165) is 5.47 Å². The second-order valence-electron chi connectivity index (χ2n) is 6.84. The molecule has 0 unspecified atom stereocenters. The molecule has 24 heavy (non-hydrogen) atoms. The smallest absolute Gasteiger partial charge is 0.400 e. The molecule has 0 atom stereocenters. The summed E-state index contributed by atoms with van der Waals surface area (Å²) in [7, 11) is -0.542. The van der Waals surface area contributed by atoms with Crippen molar-refractivity contribution in [1.82, 2.24) is 0 Å². The predicted molar refractivity (Wildman–Crippen MR) is 90.6 cm³/mol. The van der Waals surface area contributed by atoms with Crippen molar-refractivity contribution in [2.45, 2.75) is 45.2 Å². The van der Waals surface area contributed by atoms with Gasteiger partial charge in [-0.15, -0.1) is 8.78 Å². The summed E-state index contributed by atoms with van der Waals surface area (Å²) in [6.45, 7) is 7.86. The molecule has 1 aromatic rings. The zero-order valence-corrected chi connectivity index (χ0v) is 14.8. The molecule has 0 radical (unpaired) electrons. The lowest BCUT2D eigenvalue weighted by Gasteiger charge is -2.32. The summed E-state index contributed by atoms with van der Waals surface area (Å²) in [5.74, 6) is 0.419. The molecule has 8 heteroatoms. The summed E-state index contributed by atoms with van der Waals surface area (Å²) in [6, 6.07) is 4.60. The van der Waals surface area contributed by atoms with Gasteiger partial charge in [-0.1, -0.05) is 12.1 Å². The monoisotopic (exact) mass is 356 g/mol. The molecule has 3 rings (SSSR count).